The first kappa shape index (κ1) is 18.4. The van der Waals surface area contributed by atoms with Gasteiger partial charge in [-0.05, 0) is 37.5 Å². The molecule has 27 heavy (non-hydrogen) atoms. The Morgan fingerprint density at radius 1 is 1.19 bits per heavy atom. The van der Waals surface area contributed by atoms with E-state index in [9.17, 15) is 9.59 Å². The first-order valence-electron chi connectivity index (χ1n) is 8.90. The van der Waals surface area contributed by atoms with Gasteiger partial charge in [0.2, 0.25) is 0 Å². The Labute approximate surface area is 157 Å². The van der Waals surface area contributed by atoms with Gasteiger partial charge in [-0.1, -0.05) is 30.3 Å². The Balaban J connectivity index is 1.55. The first-order valence-corrected chi connectivity index (χ1v) is 8.90. The zero-order valence-electron chi connectivity index (χ0n) is 15.1. The average molecular weight is 366 g/mol. The van der Waals surface area contributed by atoms with Crippen LogP contribution in [0.25, 0.3) is 5.52 Å². The van der Waals surface area contributed by atoms with E-state index in [4.69, 9.17) is 4.74 Å². The van der Waals surface area contributed by atoms with Crippen LogP contribution in [0.2, 0.25) is 0 Å². The fraction of sp³-hybridized carbons (Fsp3) is 0.250. The average Bonchev–Trinajstić information content (AvgIpc) is 3.10. The number of anilines is 1. The van der Waals surface area contributed by atoms with Gasteiger partial charge in [0.15, 0.2) is 0 Å². The summed E-state index contributed by atoms with van der Waals surface area (Å²) in [5, 5.41) is 9.73. The zero-order chi connectivity index (χ0) is 19.1. The molecule has 0 atom stereocenters. The van der Waals surface area contributed by atoms with E-state index in [2.05, 4.69) is 27.9 Å². The van der Waals surface area contributed by atoms with Crippen molar-refractivity contribution >= 4 is 23.2 Å². The molecule has 0 saturated heterocycles. The molecule has 2 heterocycles. The molecule has 3 rings (SSSR count). The van der Waals surface area contributed by atoms with E-state index in [1.807, 2.05) is 18.2 Å². The summed E-state index contributed by atoms with van der Waals surface area (Å²) in [6, 6.07) is 13.3. The molecule has 140 valence electrons. The number of benzene rings is 1. The molecule has 0 bridgehead atoms. The van der Waals surface area contributed by atoms with Gasteiger partial charge in [0.05, 0.1) is 18.3 Å². The summed E-state index contributed by atoms with van der Waals surface area (Å²) in [6.45, 7) is 2.61. The summed E-state index contributed by atoms with van der Waals surface area (Å²) in [5.74, 6) is -0.435. The number of carbonyl (C=O) groups excluding carboxylic acids is 2. The van der Waals surface area contributed by atoms with Crippen LogP contribution in [0.5, 0.6) is 0 Å². The molecule has 0 aliphatic heterocycles. The number of aryl methyl sites for hydroxylation is 1. The van der Waals surface area contributed by atoms with Crippen LogP contribution in [-0.2, 0) is 11.2 Å². The molecule has 0 spiro atoms. The summed E-state index contributed by atoms with van der Waals surface area (Å²) in [6.07, 6.45) is 4.90. The quantitative estimate of drug-likeness (QED) is 0.496. The highest BCUT2D eigenvalue weighted by Gasteiger charge is 2.14. The number of nitrogens with one attached hydrogen (secondary N) is 2. The number of fused-ring (bicyclic) bond motifs is 1. The molecule has 0 unspecified atom stereocenters. The Hall–Kier alpha value is -3.35. The molecular formula is C20H22N4O3. The van der Waals surface area contributed by atoms with Gasteiger partial charge in [-0.25, -0.2) is 14.1 Å². The van der Waals surface area contributed by atoms with Crippen LogP contribution >= 0.6 is 0 Å². The second-order valence-electron chi connectivity index (χ2n) is 5.99. The van der Waals surface area contributed by atoms with Gasteiger partial charge >= 0.3 is 12.0 Å². The highest BCUT2D eigenvalue weighted by atomic mass is 16.5. The molecule has 0 fully saturated rings. The predicted octanol–water partition coefficient (Wildman–Crippen LogP) is 3.27. The molecule has 0 saturated carbocycles. The van der Waals surface area contributed by atoms with Crippen molar-refractivity contribution in [2.75, 3.05) is 18.5 Å². The predicted molar refractivity (Wildman–Crippen MR) is 103 cm³/mol. The Morgan fingerprint density at radius 3 is 2.78 bits per heavy atom. The monoisotopic (exact) mass is 366 g/mol. The lowest BCUT2D eigenvalue weighted by molar-refractivity contribution is 0.0528. The van der Waals surface area contributed by atoms with E-state index in [1.165, 1.54) is 11.8 Å². The van der Waals surface area contributed by atoms with Crippen molar-refractivity contribution in [2.24, 2.45) is 0 Å². The number of amides is 2. The summed E-state index contributed by atoms with van der Waals surface area (Å²) >= 11 is 0. The molecular weight excluding hydrogens is 344 g/mol. The summed E-state index contributed by atoms with van der Waals surface area (Å²) in [5.41, 5.74) is 2.77. The van der Waals surface area contributed by atoms with Gasteiger partial charge in [-0.3, -0.25) is 0 Å². The van der Waals surface area contributed by atoms with Crippen molar-refractivity contribution in [1.29, 1.82) is 0 Å². The second-order valence-corrected chi connectivity index (χ2v) is 5.99. The molecule has 7 heteroatoms. The summed E-state index contributed by atoms with van der Waals surface area (Å²) in [4.78, 5) is 24.1. The van der Waals surface area contributed by atoms with Gasteiger partial charge in [-0.2, -0.15) is 5.10 Å². The van der Waals surface area contributed by atoms with Crippen molar-refractivity contribution in [3.63, 3.8) is 0 Å². The van der Waals surface area contributed by atoms with Crippen molar-refractivity contribution in [1.82, 2.24) is 14.9 Å². The molecule has 2 amide bonds. The summed E-state index contributed by atoms with van der Waals surface area (Å²) in [7, 11) is 0. The van der Waals surface area contributed by atoms with Crippen LogP contribution in [0.15, 0.2) is 54.9 Å². The smallest absolute Gasteiger partial charge is 0.341 e. The maximum Gasteiger partial charge on any atom is 0.341 e. The lowest BCUT2D eigenvalue weighted by Crippen LogP contribution is -2.29. The van der Waals surface area contributed by atoms with Crippen molar-refractivity contribution in [2.45, 2.75) is 19.8 Å². The van der Waals surface area contributed by atoms with Gasteiger partial charge in [0.25, 0.3) is 0 Å². The van der Waals surface area contributed by atoms with Crippen molar-refractivity contribution < 1.29 is 14.3 Å². The number of ether oxygens (including phenoxy) is 1. The molecule has 7 nitrogen and oxygen atoms in total. The van der Waals surface area contributed by atoms with E-state index < -0.39 is 5.97 Å². The van der Waals surface area contributed by atoms with E-state index in [-0.39, 0.29) is 6.03 Å². The number of pyridine rings is 1. The number of urea groups is 1. The van der Waals surface area contributed by atoms with E-state index in [0.717, 1.165) is 12.8 Å². The maximum absolute atomic E-state index is 12.1. The van der Waals surface area contributed by atoms with Crippen LogP contribution in [0.4, 0.5) is 10.5 Å². The molecule has 1 aromatic carbocycles. The second kappa shape index (κ2) is 8.84. The van der Waals surface area contributed by atoms with Gasteiger partial charge in [-0.15, -0.1) is 0 Å². The topological polar surface area (TPSA) is 84.7 Å². The minimum absolute atomic E-state index is 0.287. The lowest BCUT2D eigenvalue weighted by Gasteiger charge is -2.08. The Bertz CT molecular complexity index is 921. The minimum Gasteiger partial charge on any atom is -0.462 e. The van der Waals surface area contributed by atoms with Gasteiger partial charge < -0.3 is 15.4 Å². The number of esters is 1. The van der Waals surface area contributed by atoms with E-state index in [1.54, 1.807) is 29.8 Å². The number of carbonyl (C=O) groups is 2. The number of hydrogen-bond donors (Lipinski definition) is 2. The number of nitrogens with zero attached hydrogens (tertiary/aromatic N) is 2. The molecule has 0 aliphatic carbocycles. The third-order valence-electron chi connectivity index (χ3n) is 4.05. The van der Waals surface area contributed by atoms with Crippen molar-refractivity contribution in [3.05, 3.63) is 66.0 Å². The van der Waals surface area contributed by atoms with E-state index in [0.29, 0.717) is 29.9 Å². The first-order chi connectivity index (χ1) is 13.2. The van der Waals surface area contributed by atoms with Gasteiger partial charge in [0, 0.05) is 18.4 Å². The van der Waals surface area contributed by atoms with Crippen LogP contribution < -0.4 is 10.6 Å². The Morgan fingerprint density at radius 2 is 2.00 bits per heavy atom. The van der Waals surface area contributed by atoms with E-state index >= 15 is 0 Å². The normalized spacial score (nSPS) is 10.6. The summed E-state index contributed by atoms with van der Waals surface area (Å²) < 4.78 is 6.59. The third kappa shape index (κ3) is 4.84. The SMILES string of the molecule is CCOC(=O)c1cnn2ccc(NC(=O)NCCCc3ccccc3)cc12. The lowest BCUT2D eigenvalue weighted by atomic mass is 10.1. The van der Waals surface area contributed by atoms with Crippen molar-refractivity contribution in [3.8, 4) is 0 Å². The highest BCUT2D eigenvalue weighted by Crippen LogP contribution is 2.17. The molecule has 2 N–H and O–H groups in total. The fourth-order valence-corrected chi connectivity index (χ4v) is 2.74. The maximum atomic E-state index is 12.1. The largest absolute Gasteiger partial charge is 0.462 e. The zero-order valence-corrected chi connectivity index (χ0v) is 15.1. The molecule has 0 radical (unpaired) electrons. The standard InChI is InChI=1S/C20H22N4O3/c1-2-27-19(25)17-14-22-24-12-10-16(13-18(17)24)23-20(26)21-11-6-9-15-7-4-3-5-8-15/h3-5,7-8,10,12-14H,2,6,9,11H2,1H3,(H2,21,23,26). The molecule has 3 aromatic rings. The minimum atomic E-state index is -0.435. The number of aromatic nitrogens is 2. The third-order valence-corrected chi connectivity index (χ3v) is 4.05. The van der Waals surface area contributed by atoms with Gasteiger partial charge in [0.1, 0.15) is 5.56 Å². The van der Waals surface area contributed by atoms with Crippen LogP contribution in [0.3, 0.4) is 0 Å². The highest BCUT2D eigenvalue weighted by molar-refractivity contribution is 5.98. The van der Waals surface area contributed by atoms with Crippen LogP contribution in [-0.4, -0.2) is 34.8 Å². The Kier molecular flexibility index (Phi) is 6.04. The molecule has 2 aromatic heterocycles. The number of rotatable bonds is 7. The van der Waals surface area contributed by atoms with Crippen LogP contribution in [0, 0.1) is 0 Å². The number of hydrogen-bond acceptors (Lipinski definition) is 4. The van der Waals surface area contributed by atoms with Crippen LogP contribution in [0.1, 0.15) is 29.3 Å². The molecule has 0 aliphatic rings. The fourth-order valence-electron chi connectivity index (χ4n) is 2.74.